The van der Waals surface area contributed by atoms with Crippen LogP contribution in [0.4, 0.5) is 15.9 Å². The van der Waals surface area contributed by atoms with Gasteiger partial charge in [0.1, 0.15) is 11.6 Å². The van der Waals surface area contributed by atoms with Crippen LogP contribution >= 0.6 is 11.6 Å². The SMILES string of the molecule is O=C(Nc1ccc(N2CCCCC2)cn1)c1ccc(Cl)cc1F. The highest BCUT2D eigenvalue weighted by atomic mass is 35.5. The molecule has 3 rings (SSSR count). The molecule has 0 radical (unpaired) electrons. The second-order valence-corrected chi connectivity index (χ2v) is 5.96. The molecule has 1 saturated heterocycles. The quantitative estimate of drug-likeness (QED) is 0.919. The Balaban J connectivity index is 1.69. The summed E-state index contributed by atoms with van der Waals surface area (Å²) in [5.41, 5.74) is 0.983. The van der Waals surface area contributed by atoms with Crippen molar-refractivity contribution in [2.24, 2.45) is 0 Å². The highest BCUT2D eigenvalue weighted by Crippen LogP contribution is 2.21. The van der Waals surface area contributed by atoms with Crippen LogP contribution in [0.3, 0.4) is 0 Å². The molecule has 0 unspecified atom stereocenters. The summed E-state index contributed by atoms with van der Waals surface area (Å²) in [7, 11) is 0. The Kier molecular flexibility index (Phi) is 4.76. The summed E-state index contributed by atoms with van der Waals surface area (Å²) in [5, 5.41) is 2.85. The predicted octanol–water partition coefficient (Wildman–Crippen LogP) is 4.12. The maximum Gasteiger partial charge on any atom is 0.259 e. The number of piperidine rings is 1. The first-order valence-corrected chi connectivity index (χ1v) is 7.99. The monoisotopic (exact) mass is 333 g/mol. The smallest absolute Gasteiger partial charge is 0.259 e. The Labute approximate surface area is 139 Å². The van der Waals surface area contributed by atoms with Crippen LogP contribution in [0.5, 0.6) is 0 Å². The molecule has 23 heavy (non-hydrogen) atoms. The van der Waals surface area contributed by atoms with E-state index in [9.17, 15) is 9.18 Å². The summed E-state index contributed by atoms with van der Waals surface area (Å²) in [6.45, 7) is 2.06. The third kappa shape index (κ3) is 3.79. The maximum atomic E-state index is 13.7. The number of aromatic nitrogens is 1. The Morgan fingerprint density at radius 1 is 1.17 bits per heavy atom. The topological polar surface area (TPSA) is 45.2 Å². The van der Waals surface area contributed by atoms with E-state index < -0.39 is 11.7 Å². The van der Waals surface area contributed by atoms with Crippen molar-refractivity contribution in [3.8, 4) is 0 Å². The zero-order chi connectivity index (χ0) is 16.2. The fourth-order valence-electron chi connectivity index (χ4n) is 2.66. The molecule has 1 aromatic heterocycles. The standard InChI is InChI=1S/C17H17ClFN3O/c18-12-4-6-14(15(19)10-12)17(23)21-16-7-5-13(11-20-16)22-8-2-1-3-9-22/h4-7,10-11H,1-3,8-9H2,(H,20,21,23). The Morgan fingerprint density at radius 3 is 2.61 bits per heavy atom. The van der Waals surface area contributed by atoms with Gasteiger partial charge in [0.05, 0.1) is 17.4 Å². The number of benzene rings is 1. The molecule has 4 nitrogen and oxygen atoms in total. The summed E-state index contributed by atoms with van der Waals surface area (Å²) in [4.78, 5) is 18.6. The van der Waals surface area contributed by atoms with Crippen molar-refractivity contribution in [1.29, 1.82) is 0 Å². The second kappa shape index (κ2) is 6.96. The van der Waals surface area contributed by atoms with Gasteiger partial charge in [0, 0.05) is 18.1 Å². The van der Waals surface area contributed by atoms with E-state index >= 15 is 0 Å². The number of amides is 1. The minimum atomic E-state index is -0.653. The first-order valence-electron chi connectivity index (χ1n) is 7.61. The zero-order valence-electron chi connectivity index (χ0n) is 12.6. The second-order valence-electron chi connectivity index (χ2n) is 5.53. The van der Waals surface area contributed by atoms with Crippen LogP contribution in [-0.2, 0) is 0 Å². The number of carbonyl (C=O) groups is 1. The lowest BCUT2D eigenvalue weighted by molar-refractivity contribution is 0.102. The molecular formula is C17H17ClFN3O. The Hall–Kier alpha value is -2.14. The largest absolute Gasteiger partial charge is 0.370 e. The van der Waals surface area contributed by atoms with E-state index in [2.05, 4.69) is 15.2 Å². The van der Waals surface area contributed by atoms with Crippen molar-refractivity contribution >= 4 is 29.0 Å². The summed E-state index contributed by atoms with van der Waals surface area (Å²) >= 11 is 5.68. The third-order valence-electron chi connectivity index (χ3n) is 3.89. The molecule has 0 spiro atoms. The zero-order valence-corrected chi connectivity index (χ0v) is 13.3. The molecule has 1 aliphatic rings. The van der Waals surface area contributed by atoms with Crippen LogP contribution in [-0.4, -0.2) is 24.0 Å². The van der Waals surface area contributed by atoms with Gasteiger partial charge in [0.25, 0.3) is 5.91 Å². The van der Waals surface area contributed by atoms with E-state index in [1.807, 2.05) is 6.07 Å². The van der Waals surface area contributed by atoms with Crippen molar-refractivity contribution in [2.75, 3.05) is 23.3 Å². The molecule has 2 aromatic rings. The van der Waals surface area contributed by atoms with Crippen molar-refractivity contribution in [1.82, 2.24) is 4.98 Å². The number of hydrogen-bond donors (Lipinski definition) is 1. The summed E-state index contributed by atoms with van der Waals surface area (Å²) < 4.78 is 13.7. The number of pyridine rings is 1. The molecule has 1 amide bonds. The van der Waals surface area contributed by atoms with Gasteiger partial charge in [-0.2, -0.15) is 0 Å². The van der Waals surface area contributed by atoms with E-state index in [0.717, 1.165) is 24.8 Å². The van der Waals surface area contributed by atoms with Crippen LogP contribution in [0.15, 0.2) is 36.5 Å². The van der Waals surface area contributed by atoms with E-state index in [0.29, 0.717) is 5.82 Å². The average Bonchev–Trinajstić information content (AvgIpc) is 2.56. The van der Waals surface area contributed by atoms with Gasteiger partial charge in [-0.05, 0) is 49.6 Å². The summed E-state index contributed by atoms with van der Waals surface area (Å²) in [6.07, 6.45) is 5.38. The van der Waals surface area contributed by atoms with Crippen molar-refractivity contribution in [3.63, 3.8) is 0 Å². The van der Waals surface area contributed by atoms with Gasteiger partial charge >= 0.3 is 0 Å². The van der Waals surface area contributed by atoms with Gasteiger partial charge in [-0.25, -0.2) is 9.37 Å². The van der Waals surface area contributed by atoms with Crippen molar-refractivity contribution in [3.05, 3.63) is 52.9 Å². The molecule has 1 aromatic carbocycles. The van der Waals surface area contributed by atoms with Crippen LogP contribution in [0.25, 0.3) is 0 Å². The first-order chi connectivity index (χ1) is 11.1. The third-order valence-corrected chi connectivity index (χ3v) is 4.12. The van der Waals surface area contributed by atoms with Gasteiger partial charge in [0.15, 0.2) is 0 Å². The molecular weight excluding hydrogens is 317 g/mol. The highest BCUT2D eigenvalue weighted by molar-refractivity contribution is 6.30. The normalized spacial score (nSPS) is 14.6. The molecule has 1 N–H and O–H groups in total. The molecule has 0 aliphatic carbocycles. The number of nitrogens with zero attached hydrogens (tertiary/aromatic N) is 2. The van der Waals surface area contributed by atoms with Crippen LogP contribution < -0.4 is 10.2 Å². The number of anilines is 2. The van der Waals surface area contributed by atoms with E-state index in [4.69, 9.17) is 11.6 Å². The lowest BCUT2D eigenvalue weighted by Gasteiger charge is -2.28. The van der Waals surface area contributed by atoms with Crippen molar-refractivity contribution < 1.29 is 9.18 Å². The molecule has 120 valence electrons. The van der Waals surface area contributed by atoms with Crippen molar-refractivity contribution in [2.45, 2.75) is 19.3 Å². The maximum absolute atomic E-state index is 13.7. The predicted molar refractivity (Wildman–Crippen MR) is 89.7 cm³/mol. The van der Waals surface area contributed by atoms with Crippen LogP contribution in [0.1, 0.15) is 29.6 Å². The number of nitrogens with one attached hydrogen (secondary N) is 1. The Morgan fingerprint density at radius 2 is 1.96 bits per heavy atom. The van der Waals surface area contributed by atoms with E-state index in [1.54, 1.807) is 12.3 Å². The van der Waals surface area contributed by atoms with E-state index in [1.165, 1.54) is 31.4 Å². The summed E-state index contributed by atoms with van der Waals surface area (Å²) in [5.74, 6) is -0.803. The van der Waals surface area contributed by atoms with E-state index in [-0.39, 0.29) is 10.6 Å². The van der Waals surface area contributed by atoms with Gasteiger partial charge in [0.2, 0.25) is 0 Å². The lowest BCUT2D eigenvalue weighted by atomic mass is 10.1. The molecule has 1 aliphatic heterocycles. The number of hydrogen-bond acceptors (Lipinski definition) is 3. The lowest BCUT2D eigenvalue weighted by Crippen LogP contribution is -2.29. The molecule has 0 saturated carbocycles. The molecule has 0 bridgehead atoms. The number of halogens is 2. The number of carbonyl (C=O) groups excluding carboxylic acids is 1. The molecule has 1 fully saturated rings. The minimum absolute atomic E-state index is 0.0590. The fraction of sp³-hybridized carbons (Fsp3) is 0.294. The van der Waals surface area contributed by atoms with Gasteiger partial charge in [-0.15, -0.1) is 0 Å². The highest BCUT2D eigenvalue weighted by Gasteiger charge is 2.14. The minimum Gasteiger partial charge on any atom is -0.370 e. The molecule has 2 heterocycles. The Bertz CT molecular complexity index is 699. The van der Waals surface area contributed by atoms with Gasteiger partial charge in [-0.3, -0.25) is 4.79 Å². The fourth-order valence-corrected chi connectivity index (χ4v) is 2.82. The first kappa shape index (κ1) is 15.7. The van der Waals surface area contributed by atoms with Crippen LogP contribution in [0, 0.1) is 5.82 Å². The number of rotatable bonds is 3. The van der Waals surface area contributed by atoms with Crippen LogP contribution in [0.2, 0.25) is 5.02 Å². The molecule has 0 atom stereocenters. The summed E-state index contributed by atoms with van der Waals surface area (Å²) in [6, 6.07) is 7.60. The van der Waals surface area contributed by atoms with Gasteiger partial charge < -0.3 is 10.2 Å². The average molecular weight is 334 g/mol. The van der Waals surface area contributed by atoms with Gasteiger partial charge in [-0.1, -0.05) is 11.6 Å². The molecule has 6 heteroatoms.